The van der Waals surface area contributed by atoms with E-state index in [1.165, 1.54) is 12.3 Å². The number of carbonyl (C=O) groups excluding carboxylic acids is 2. The van der Waals surface area contributed by atoms with E-state index >= 15 is 0 Å². The minimum atomic E-state index is -10.0. The molecule has 26 heavy (non-hydrogen) atoms. The molecule has 0 radical (unpaired) electrons. The molecule has 4 nitrogen and oxygen atoms in total. The van der Waals surface area contributed by atoms with Crippen LogP contribution in [0.25, 0.3) is 16.5 Å². The SMILES string of the molecule is Nc1ccc(-n2cc3ccccc3c2C(=O)C=O)cc1S(F)(F)(F)(F)F. The lowest BCUT2D eigenvalue weighted by Crippen LogP contribution is -2.12. The normalized spacial score (nSPS) is 14.7. The van der Waals surface area contributed by atoms with Crippen LogP contribution >= 0.6 is 10.2 Å². The van der Waals surface area contributed by atoms with Gasteiger partial charge in [0.15, 0.2) is 6.29 Å². The highest BCUT2D eigenvalue weighted by molar-refractivity contribution is 8.45. The summed E-state index contributed by atoms with van der Waals surface area (Å²) in [4.78, 5) is 20.7. The van der Waals surface area contributed by atoms with E-state index in [9.17, 15) is 29.0 Å². The molecule has 0 spiro atoms. The van der Waals surface area contributed by atoms with Crippen molar-refractivity contribution in [2.45, 2.75) is 4.90 Å². The molecule has 0 aliphatic heterocycles. The molecule has 0 aliphatic rings. The summed E-state index contributed by atoms with van der Waals surface area (Å²) < 4.78 is 67.1. The van der Waals surface area contributed by atoms with Gasteiger partial charge in [0.1, 0.15) is 10.6 Å². The lowest BCUT2D eigenvalue weighted by atomic mass is 10.1. The Morgan fingerprint density at radius 3 is 2.31 bits per heavy atom. The Hall–Kier alpha value is -2.88. The summed E-state index contributed by atoms with van der Waals surface area (Å²) in [5, 5.41) is 0.749. The van der Waals surface area contributed by atoms with Gasteiger partial charge in [-0.25, -0.2) is 0 Å². The average molecular weight is 390 g/mol. The van der Waals surface area contributed by atoms with Gasteiger partial charge < -0.3 is 10.3 Å². The summed E-state index contributed by atoms with van der Waals surface area (Å²) in [5.41, 5.74) is 3.39. The summed E-state index contributed by atoms with van der Waals surface area (Å²) in [6, 6.07) is 8.16. The van der Waals surface area contributed by atoms with Gasteiger partial charge in [-0.3, -0.25) is 9.59 Å². The maximum absolute atomic E-state index is 13.2. The van der Waals surface area contributed by atoms with Crippen LogP contribution in [0.5, 0.6) is 0 Å². The first kappa shape index (κ1) is 17.9. The Bertz CT molecular complexity index is 1070. The number of rotatable bonds is 4. The predicted octanol–water partition coefficient (Wildman–Crippen LogP) is 5.25. The van der Waals surface area contributed by atoms with Crippen molar-refractivity contribution in [1.82, 2.24) is 4.57 Å². The van der Waals surface area contributed by atoms with Crippen LogP contribution in [-0.4, -0.2) is 16.6 Å². The van der Waals surface area contributed by atoms with E-state index < -0.39 is 26.6 Å². The predicted molar refractivity (Wildman–Crippen MR) is 89.5 cm³/mol. The number of aromatic nitrogens is 1. The summed E-state index contributed by atoms with van der Waals surface area (Å²) in [5.74, 6) is -1.00. The van der Waals surface area contributed by atoms with Crippen molar-refractivity contribution < 1.29 is 29.0 Å². The quantitative estimate of drug-likeness (QED) is 0.218. The molecule has 1 heterocycles. The summed E-state index contributed by atoms with van der Waals surface area (Å²) in [7, 11) is -10.0. The smallest absolute Gasteiger partial charge is 0.312 e. The van der Waals surface area contributed by atoms with Gasteiger partial charge in [-0.15, -0.1) is 0 Å². The number of Topliss-reactive ketones (excluding diaryl/α,β-unsaturated/α-hetero) is 1. The Balaban J connectivity index is 2.36. The van der Waals surface area contributed by atoms with Crippen LogP contribution in [0, 0.1) is 0 Å². The molecule has 2 N–H and O–H groups in total. The van der Waals surface area contributed by atoms with E-state index in [1.807, 2.05) is 0 Å². The molecular weight excluding hydrogens is 379 g/mol. The van der Waals surface area contributed by atoms with Gasteiger partial charge in [0.25, 0.3) is 0 Å². The molecule has 0 bridgehead atoms. The number of nitrogen functional groups attached to an aromatic ring is 1. The highest BCUT2D eigenvalue weighted by atomic mass is 32.5. The Kier molecular flexibility index (Phi) is 3.34. The number of hydrogen-bond donors (Lipinski definition) is 1. The van der Waals surface area contributed by atoms with Crippen LogP contribution in [0.15, 0.2) is 53.6 Å². The first-order valence-electron chi connectivity index (χ1n) is 7.05. The van der Waals surface area contributed by atoms with Crippen molar-refractivity contribution in [3.05, 3.63) is 54.4 Å². The first-order valence-corrected chi connectivity index (χ1v) is 9.00. The van der Waals surface area contributed by atoms with E-state index in [2.05, 4.69) is 0 Å². The molecule has 0 saturated heterocycles. The van der Waals surface area contributed by atoms with E-state index in [1.54, 1.807) is 18.2 Å². The van der Waals surface area contributed by atoms with Crippen LogP contribution in [-0.2, 0) is 4.79 Å². The molecule has 0 aliphatic carbocycles. The largest absolute Gasteiger partial charge is 0.398 e. The Morgan fingerprint density at radius 1 is 1.04 bits per heavy atom. The van der Waals surface area contributed by atoms with Crippen molar-refractivity contribution in [3.63, 3.8) is 0 Å². The number of hydrogen-bond acceptors (Lipinski definition) is 3. The van der Waals surface area contributed by atoms with Crippen LogP contribution < -0.4 is 5.73 Å². The topological polar surface area (TPSA) is 65.1 Å². The number of fused-ring (bicyclic) bond motifs is 1. The molecule has 0 atom stereocenters. The van der Waals surface area contributed by atoms with Gasteiger partial charge in [0.05, 0.1) is 5.69 Å². The summed E-state index contributed by atoms with van der Waals surface area (Å²) >= 11 is 0. The maximum atomic E-state index is 13.2. The Labute approximate surface area is 143 Å². The zero-order chi connectivity index (χ0) is 19.4. The number of nitrogens with zero attached hydrogens (tertiary/aromatic N) is 1. The van der Waals surface area contributed by atoms with Crippen molar-refractivity contribution in [1.29, 1.82) is 0 Å². The molecule has 138 valence electrons. The van der Waals surface area contributed by atoms with Crippen molar-refractivity contribution in [2.75, 3.05) is 5.73 Å². The van der Waals surface area contributed by atoms with Crippen LogP contribution in [0.2, 0.25) is 0 Å². The number of carbonyl (C=O) groups is 2. The third kappa shape index (κ3) is 3.03. The van der Waals surface area contributed by atoms with E-state index in [4.69, 9.17) is 5.73 Å². The van der Waals surface area contributed by atoms with Crippen LogP contribution in [0.4, 0.5) is 25.1 Å². The fourth-order valence-electron chi connectivity index (χ4n) is 2.68. The van der Waals surface area contributed by atoms with Gasteiger partial charge in [0.2, 0.25) is 5.78 Å². The number of nitrogens with two attached hydrogens (primary N) is 1. The maximum Gasteiger partial charge on any atom is 0.312 e. The van der Waals surface area contributed by atoms with Crippen LogP contribution in [0.1, 0.15) is 10.5 Å². The van der Waals surface area contributed by atoms with Gasteiger partial charge in [-0.1, -0.05) is 43.7 Å². The third-order valence-electron chi connectivity index (χ3n) is 3.76. The Morgan fingerprint density at radius 2 is 1.69 bits per heavy atom. The molecule has 10 heteroatoms. The molecule has 0 fully saturated rings. The van der Waals surface area contributed by atoms with Crippen molar-refractivity contribution in [3.8, 4) is 5.69 Å². The van der Waals surface area contributed by atoms with Gasteiger partial charge in [0, 0.05) is 22.7 Å². The van der Waals surface area contributed by atoms with Gasteiger partial charge >= 0.3 is 10.2 Å². The third-order valence-corrected chi connectivity index (χ3v) is 4.94. The second-order valence-electron chi connectivity index (χ2n) is 5.61. The number of aldehydes is 1. The number of halogens is 5. The minimum absolute atomic E-state index is 0.000966. The number of ketones is 1. The number of benzene rings is 2. The molecule has 0 unspecified atom stereocenters. The minimum Gasteiger partial charge on any atom is -0.398 e. The molecule has 0 saturated carbocycles. The van der Waals surface area contributed by atoms with Gasteiger partial charge in [-0.2, -0.15) is 0 Å². The van der Waals surface area contributed by atoms with Crippen molar-refractivity contribution >= 4 is 38.8 Å². The fourth-order valence-corrected chi connectivity index (χ4v) is 3.53. The molecule has 2 aromatic carbocycles. The number of anilines is 1. The zero-order valence-corrected chi connectivity index (χ0v) is 13.7. The lowest BCUT2D eigenvalue weighted by molar-refractivity contribution is -0.104. The molecule has 3 rings (SSSR count). The molecule has 3 aromatic rings. The molecule has 0 amide bonds. The van der Waals surface area contributed by atoms with Crippen molar-refractivity contribution in [2.24, 2.45) is 0 Å². The monoisotopic (exact) mass is 390 g/mol. The summed E-state index contributed by atoms with van der Waals surface area (Å²) in [6.45, 7) is 0. The summed E-state index contributed by atoms with van der Waals surface area (Å²) in [6.07, 6.45) is 1.29. The molecule has 1 aromatic heterocycles. The van der Waals surface area contributed by atoms with E-state index in [-0.39, 0.29) is 23.7 Å². The highest BCUT2D eigenvalue weighted by Crippen LogP contribution is 3.02. The van der Waals surface area contributed by atoms with Crippen LogP contribution in [0.3, 0.4) is 0 Å². The standard InChI is InChI=1S/C16H11F5N2O2S/c17-26(18,19,20,21)15-7-11(5-6-13(15)22)23-8-10-3-1-2-4-12(10)16(23)14(25)9-24/h1-9H,22H2. The average Bonchev–Trinajstić information content (AvgIpc) is 2.91. The van der Waals surface area contributed by atoms with E-state index in [0.717, 1.165) is 10.6 Å². The lowest BCUT2D eigenvalue weighted by Gasteiger charge is -2.41. The zero-order valence-electron chi connectivity index (χ0n) is 12.8. The second kappa shape index (κ2) is 4.85. The second-order valence-corrected chi connectivity index (χ2v) is 7.99. The molecular formula is C16H11F5N2O2S. The van der Waals surface area contributed by atoms with E-state index in [0.29, 0.717) is 16.8 Å². The first-order chi connectivity index (χ1) is 11.8. The fraction of sp³-hybridized carbons (Fsp3) is 0. The highest BCUT2D eigenvalue weighted by Gasteiger charge is 2.66. The van der Waals surface area contributed by atoms with Gasteiger partial charge in [-0.05, 0) is 18.2 Å².